The van der Waals surface area contributed by atoms with E-state index in [4.69, 9.17) is 0 Å². The van der Waals surface area contributed by atoms with Crippen LogP contribution in [0.4, 0.5) is 0 Å². The van der Waals surface area contributed by atoms with Gasteiger partial charge in [-0.15, -0.1) is 0 Å². The van der Waals surface area contributed by atoms with Crippen molar-refractivity contribution in [2.24, 2.45) is 11.8 Å². The maximum atomic E-state index is 3.37. The van der Waals surface area contributed by atoms with Gasteiger partial charge in [-0.2, -0.15) is 0 Å². The first-order chi connectivity index (χ1) is 7.83. The highest BCUT2D eigenvalue weighted by molar-refractivity contribution is 5.30. The van der Waals surface area contributed by atoms with E-state index in [9.17, 15) is 0 Å². The van der Waals surface area contributed by atoms with Crippen LogP contribution in [0.25, 0.3) is 0 Å². The summed E-state index contributed by atoms with van der Waals surface area (Å²) < 4.78 is 0. The Morgan fingerprint density at radius 2 is 1.88 bits per heavy atom. The highest BCUT2D eigenvalue weighted by atomic mass is 15.1. The summed E-state index contributed by atoms with van der Waals surface area (Å²) in [4.78, 5) is 2.59. The van der Waals surface area contributed by atoms with E-state index in [1.807, 2.05) is 0 Å². The fraction of sp³-hybridized carbons (Fsp3) is 0.571. The van der Waals surface area contributed by atoms with Crippen LogP contribution < -0.4 is 5.32 Å². The van der Waals surface area contributed by atoms with Crippen molar-refractivity contribution in [1.82, 2.24) is 10.2 Å². The maximum absolute atomic E-state index is 3.37. The number of hydrogen-bond donors (Lipinski definition) is 1. The van der Waals surface area contributed by atoms with Gasteiger partial charge in [-0.1, -0.05) is 31.2 Å². The molecular formula is C14H20N2. The molecule has 0 bridgehead atoms. The van der Waals surface area contributed by atoms with E-state index in [2.05, 4.69) is 41.4 Å². The second-order valence-electron chi connectivity index (χ2n) is 5.33. The summed E-state index contributed by atoms with van der Waals surface area (Å²) in [6.07, 6.45) is 0. The summed E-state index contributed by atoms with van der Waals surface area (Å²) in [6, 6.07) is 8.85. The lowest BCUT2D eigenvalue weighted by atomic mass is 9.88. The number of hydrogen-bond acceptors (Lipinski definition) is 2. The lowest BCUT2D eigenvalue weighted by Crippen LogP contribution is -2.47. The predicted molar refractivity (Wildman–Crippen MR) is 66.1 cm³/mol. The molecule has 1 aromatic carbocycles. The van der Waals surface area contributed by atoms with E-state index in [1.54, 1.807) is 0 Å². The van der Waals surface area contributed by atoms with Crippen LogP contribution in [-0.4, -0.2) is 24.5 Å². The average Bonchev–Trinajstić information content (AvgIpc) is 2.56. The molecule has 0 amide bonds. The van der Waals surface area contributed by atoms with Gasteiger partial charge >= 0.3 is 0 Å². The quantitative estimate of drug-likeness (QED) is 0.829. The van der Waals surface area contributed by atoms with E-state index in [0.717, 1.165) is 24.9 Å². The second-order valence-corrected chi connectivity index (χ2v) is 5.33. The molecule has 0 saturated carbocycles. The molecule has 1 unspecified atom stereocenters. The van der Waals surface area contributed by atoms with Gasteiger partial charge in [0, 0.05) is 19.6 Å². The van der Waals surface area contributed by atoms with Gasteiger partial charge in [0.2, 0.25) is 0 Å². The van der Waals surface area contributed by atoms with Crippen LogP contribution in [0.3, 0.4) is 0 Å². The average molecular weight is 216 g/mol. The molecule has 16 heavy (non-hydrogen) atoms. The van der Waals surface area contributed by atoms with Gasteiger partial charge in [0.1, 0.15) is 0 Å². The van der Waals surface area contributed by atoms with Crippen LogP contribution in [0.1, 0.15) is 18.1 Å². The van der Waals surface area contributed by atoms with Gasteiger partial charge in [0.15, 0.2) is 0 Å². The largest absolute Gasteiger partial charge is 0.316 e. The van der Waals surface area contributed by atoms with Crippen molar-refractivity contribution in [2.75, 3.05) is 19.6 Å². The molecule has 1 atom stereocenters. The zero-order chi connectivity index (χ0) is 11.0. The van der Waals surface area contributed by atoms with Crippen LogP contribution in [-0.2, 0) is 13.1 Å². The Balaban J connectivity index is 1.59. The lowest BCUT2D eigenvalue weighted by Gasteiger charge is -2.34. The van der Waals surface area contributed by atoms with Crippen molar-refractivity contribution >= 4 is 0 Å². The highest BCUT2D eigenvalue weighted by Crippen LogP contribution is 2.25. The zero-order valence-electron chi connectivity index (χ0n) is 9.95. The van der Waals surface area contributed by atoms with Gasteiger partial charge in [0.25, 0.3) is 0 Å². The summed E-state index contributed by atoms with van der Waals surface area (Å²) in [7, 11) is 0. The van der Waals surface area contributed by atoms with Gasteiger partial charge in [-0.25, -0.2) is 0 Å². The van der Waals surface area contributed by atoms with Crippen molar-refractivity contribution in [2.45, 2.75) is 20.0 Å². The second kappa shape index (κ2) is 4.19. The summed E-state index contributed by atoms with van der Waals surface area (Å²) >= 11 is 0. The summed E-state index contributed by atoms with van der Waals surface area (Å²) in [6.45, 7) is 8.40. The standard InChI is InChI=1S/C14H20N2/c1-11(14-6-15-7-14)8-16-9-12-4-2-3-5-13(12)10-16/h2-5,11,14-15H,6-10H2,1H3. The smallest absolute Gasteiger partial charge is 0.0240 e. The van der Waals surface area contributed by atoms with Crippen molar-refractivity contribution in [3.63, 3.8) is 0 Å². The third-order valence-electron chi connectivity index (χ3n) is 4.07. The van der Waals surface area contributed by atoms with Gasteiger partial charge < -0.3 is 5.32 Å². The summed E-state index contributed by atoms with van der Waals surface area (Å²) in [5.74, 6) is 1.74. The van der Waals surface area contributed by atoms with Crippen molar-refractivity contribution < 1.29 is 0 Å². The minimum atomic E-state index is 0.829. The molecule has 2 heteroatoms. The first-order valence-corrected chi connectivity index (χ1v) is 6.33. The number of nitrogens with zero attached hydrogens (tertiary/aromatic N) is 1. The first kappa shape index (κ1) is 10.3. The monoisotopic (exact) mass is 216 g/mol. The third-order valence-corrected chi connectivity index (χ3v) is 4.07. The van der Waals surface area contributed by atoms with Crippen molar-refractivity contribution in [1.29, 1.82) is 0 Å². The topological polar surface area (TPSA) is 15.3 Å². The van der Waals surface area contributed by atoms with Gasteiger partial charge in [0.05, 0.1) is 0 Å². The molecule has 1 N–H and O–H groups in total. The van der Waals surface area contributed by atoms with Gasteiger partial charge in [-0.05, 0) is 36.1 Å². The normalized spacial score (nSPS) is 22.8. The van der Waals surface area contributed by atoms with E-state index < -0.39 is 0 Å². The SMILES string of the molecule is CC(CN1Cc2ccccc2C1)C1CNC1. The Kier molecular flexibility index (Phi) is 2.70. The molecule has 2 aliphatic rings. The molecule has 2 nitrogen and oxygen atoms in total. The molecule has 1 aromatic rings. The highest BCUT2D eigenvalue weighted by Gasteiger charge is 2.27. The molecule has 0 aliphatic carbocycles. The number of fused-ring (bicyclic) bond motifs is 1. The zero-order valence-corrected chi connectivity index (χ0v) is 9.95. The fourth-order valence-electron chi connectivity index (χ4n) is 2.80. The Morgan fingerprint density at radius 3 is 2.38 bits per heavy atom. The summed E-state index contributed by atoms with van der Waals surface area (Å²) in [5, 5.41) is 3.37. The van der Waals surface area contributed by atoms with Crippen LogP contribution >= 0.6 is 0 Å². The Morgan fingerprint density at radius 1 is 1.25 bits per heavy atom. The molecular weight excluding hydrogens is 196 g/mol. The van der Waals surface area contributed by atoms with E-state index in [-0.39, 0.29) is 0 Å². The first-order valence-electron chi connectivity index (χ1n) is 6.33. The molecule has 2 heterocycles. The fourth-order valence-corrected chi connectivity index (χ4v) is 2.80. The van der Waals surface area contributed by atoms with Crippen LogP contribution in [0, 0.1) is 11.8 Å². The van der Waals surface area contributed by atoms with E-state index in [1.165, 1.54) is 30.8 Å². The Labute approximate surface area is 97.6 Å². The minimum absolute atomic E-state index is 0.829. The predicted octanol–water partition coefficient (Wildman–Crippen LogP) is 1.86. The Bertz CT molecular complexity index is 346. The van der Waals surface area contributed by atoms with Gasteiger partial charge in [-0.3, -0.25) is 4.90 Å². The number of nitrogens with one attached hydrogen (secondary N) is 1. The van der Waals surface area contributed by atoms with E-state index >= 15 is 0 Å². The molecule has 3 rings (SSSR count). The van der Waals surface area contributed by atoms with Crippen LogP contribution in [0.5, 0.6) is 0 Å². The summed E-state index contributed by atoms with van der Waals surface area (Å²) in [5.41, 5.74) is 3.06. The van der Waals surface area contributed by atoms with Crippen molar-refractivity contribution in [3.05, 3.63) is 35.4 Å². The molecule has 0 radical (unpaired) electrons. The molecule has 0 aromatic heterocycles. The van der Waals surface area contributed by atoms with Crippen LogP contribution in [0.2, 0.25) is 0 Å². The minimum Gasteiger partial charge on any atom is -0.316 e. The molecule has 0 spiro atoms. The third kappa shape index (κ3) is 1.87. The van der Waals surface area contributed by atoms with Crippen LogP contribution in [0.15, 0.2) is 24.3 Å². The molecule has 1 fully saturated rings. The van der Waals surface area contributed by atoms with Crippen molar-refractivity contribution in [3.8, 4) is 0 Å². The molecule has 2 aliphatic heterocycles. The molecule has 86 valence electrons. The molecule has 1 saturated heterocycles. The number of rotatable bonds is 3. The van der Waals surface area contributed by atoms with E-state index in [0.29, 0.717) is 0 Å². The Hall–Kier alpha value is -0.860. The number of benzene rings is 1. The lowest BCUT2D eigenvalue weighted by molar-refractivity contribution is 0.166. The maximum Gasteiger partial charge on any atom is 0.0240 e.